The molecule has 1 aromatic carbocycles. The SMILES string of the molecule is CCCc1ccc(NC(=O)NC(CC)C(=O)O)cc1. The minimum atomic E-state index is -1.03. The second kappa shape index (κ2) is 7.41. The number of benzene rings is 1. The molecule has 0 radical (unpaired) electrons. The first kappa shape index (κ1) is 15.0. The van der Waals surface area contributed by atoms with E-state index in [0.717, 1.165) is 12.8 Å². The molecular formula is C14H20N2O3. The van der Waals surface area contributed by atoms with Crippen LogP contribution in [0.25, 0.3) is 0 Å². The van der Waals surface area contributed by atoms with Gasteiger partial charge in [-0.15, -0.1) is 0 Å². The van der Waals surface area contributed by atoms with Gasteiger partial charge in [0, 0.05) is 5.69 Å². The third-order valence-electron chi connectivity index (χ3n) is 2.76. The highest BCUT2D eigenvalue weighted by molar-refractivity contribution is 5.92. The molecule has 0 heterocycles. The molecule has 0 aromatic heterocycles. The van der Waals surface area contributed by atoms with Gasteiger partial charge in [-0.05, 0) is 30.5 Å². The van der Waals surface area contributed by atoms with Crippen LogP contribution in [0.1, 0.15) is 32.3 Å². The summed E-state index contributed by atoms with van der Waals surface area (Å²) in [6.07, 6.45) is 2.42. The fraction of sp³-hybridized carbons (Fsp3) is 0.429. The lowest BCUT2D eigenvalue weighted by Gasteiger charge is -2.13. The number of anilines is 1. The predicted molar refractivity (Wildman–Crippen MR) is 74.3 cm³/mol. The second-order valence-electron chi connectivity index (χ2n) is 4.34. The van der Waals surface area contributed by atoms with E-state index < -0.39 is 18.0 Å². The third kappa shape index (κ3) is 4.99. The minimum absolute atomic E-state index is 0.345. The van der Waals surface area contributed by atoms with Crippen molar-refractivity contribution < 1.29 is 14.7 Å². The number of hydrogen-bond donors (Lipinski definition) is 3. The number of amides is 2. The highest BCUT2D eigenvalue weighted by Gasteiger charge is 2.17. The number of carbonyl (C=O) groups excluding carboxylic acids is 1. The van der Waals surface area contributed by atoms with E-state index in [1.165, 1.54) is 5.56 Å². The summed E-state index contributed by atoms with van der Waals surface area (Å²) in [5, 5.41) is 13.9. The molecule has 0 spiro atoms. The monoisotopic (exact) mass is 264 g/mol. The largest absolute Gasteiger partial charge is 0.480 e. The Kier molecular flexibility index (Phi) is 5.85. The van der Waals surface area contributed by atoms with Crippen LogP contribution >= 0.6 is 0 Å². The number of hydrogen-bond acceptors (Lipinski definition) is 2. The van der Waals surface area contributed by atoms with Gasteiger partial charge in [0.2, 0.25) is 0 Å². The molecule has 19 heavy (non-hydrogen) atoms. The van der Waals surface area contributed by atoms with Crippen molar-refractivity contribution >= 4 is 17.7 Å². The molecule has 5 nitrogen and oxygen atoms in total. The van der Waals surface area contributed by atoms with Crippen LogP contribution in [0.2, 0.25) is 0 Å². The Hall–Kier alpha value is -2.04. The van der Waals surface area contributed by atoms with Crippen molar-refractivity contribution in [2.45, 2.75) is 39.2 Å². The molecule has 0 aliphatic heterocycles. The van der Waals surface area contributed by atoms with Crippen LogP contribution in [0.3, 0.4) is 0 Å². The number of nitrogens with one attached hydrogen (secondary N) is 2. The van der Waals surface area contributed by atoms with E-state index in [9.17, 15) is 9.59 Å². The molecule has 0 saturated heterocycles. The van der Waals surface area contributed by atoms with Gasteiger partial charge in [0.1, 0.15) is 6.04 Å². The van der Waals surface area contributed by atoms with Crippen LogP contribution in [0.15, 0.2) is 24.3 Å². The summed E-state index contributed by atoms with van der Waals surface area (Å²) in [6.45, 7) is 3.81. The first-order valence-corrected chi connectivity index (χ1v) is 6.46. The number of rotatable bonds is 6. The lowest BCUT2D eigenvalue weighted by molar-refractivity contribution is -0.139. The number of carboxylic acid groups (broad SMARTS) is 1. The van der Waals surface area contributed by atoms with Crippen molar-refractivity contribution in [3.8, 4) is 0 Å². The van der Waals surface area contributed by atoms with Gasteiger partial charge in [0.15, 0.2) is 0 Å². The molecule has 1 aromatic rings. The van der Waals surface area contributed by atoms with Gasteiger partial charge in [-0.2, -0.15) is 0 Å². The summed E-state index contributed by atoms with van der Waals surface area (Å²) in [5.74, 6) is -1.03. The molecule has 0 fully saturated rings. The van der Waals surface area contributed by atoms with Crippen molar-refractivity contribution in [3.63, 3.8) is 0 Å². The quantitative estimate of drug-likeness (QED) is 0.739. The van der Waals surface area contributed by atoms with Gasteiger partial charge in [-0.25, -0.2) is 9.59 Å². The number of aryl methyl sites for hydroxylation is 1. The fourth-order valence-corrected chi connectivity index (χ4v) is 1.71. The minimum Gasteiger partial charge on any atom is -0.480 e. The van der Waals surface area contributed by atoms with Gasteiger partial charge < -0.3 is 15.7 Å². The predicted octanol–water partition coefficient (Wildman–Crippen LogP) is 2.62. The van der Waals surface area contributed by atoms with Crippen LogP contribution in [-0.2, 0) is 11.2 Å². The smallest absolute Gasteiger partial charge is 0.326 e. The summed E-state index contributed by atoms with van der Waals surface area (Å²) in [7, 11) is 0. The molecule has 2 amide bonds. The Bertz CT molecular complexity index is 429. The van der Waals surface area contributed by atoms with Gasteiger partial charge in [0.25, 0.3) is 0 Å². The summed E-state index contributed by atoms with van der Waals surface area (Å²) < 4.78 is 0. The second-order valence-corrected chi connectivity index (χ2v) is 4.34. The molecule has 1 rings (SSSR count). The maximum Gasteiger partial charge on any atom is 0.326 e. The number of carboxylic acids is 1. The van der Waals surface area contributed by atoms with Crippen LogP contribution in [0.4, 0.5) is 10.5 Å². The average Bonchev–Trinajstić information content (AvgIpc) is 2.38. The zero-order chi connectivity index (χ0) is 14.3. The Labute approximate surface area is 113 Å². The van der Waals surface area contributed by atoms with Crippen molar-refractivity contribution in [3.05, 3.63) is 29.8 Å². The van der Waals surface area contributed by atoms with Crippen molar-refractivity contribution in [2.24, 2.45) is 0 Å². The van der Waals surface area contributed by atoms with Crippen molar-refractivity contribution in [1.82, 2.24) is 5.32 Å². The van der Waals surface area contributed by atoms with Gasteiger partial charge in [-0.1, -0.05) is 32.4 Å². The number of carbonyl (C=O) groups is 2. The molecule has 3 N–H and O–H groups in total. The van der Waals surface area contributed by atoms with Crippen LogP contribution in [-0.4, -0.2) is 23.1 Å². The number of urea groups is 1. The standard InChI is InChI=1S/C14H20N2O3/c1-3-5-10-6-8-11(9-7-10)15-14(19)16-12(4-2)13(17)18/h6-9,12H,3-5H2,1-2H3,(H,17,18)(H2,15,16,19). The molecule has 1 unspecified atom stereocenters. The van der Waals surface area contributed by atoms with Crippen LogP contribution < -0.4 is 10.6 Å². The first-order chi connectivity index (χ1) is 9.06. The summed E-state index contributed by atoms with van der Waals surface area (Å²) in [5.41, 5.74) is 1.86. The van der Waals surface area contributed by atoms with E-state index in [1.54, 1.807) is 6.92 Å². The zero-order valence-electron chi connectivity index (χ0n) is 11.3. The lowest BCUT2D eigenvalue weighted by atomic mass is 10.1. The van der Waals surface area contributed by atoms with E-state index in [0.29, 0.717) is 12.1 Å². The molecule has 0 saturated carbocycles. The summed E-state index contributed by atoms with van der Waals surface area (Å²) in [6, 6.07) is 6.16. The Balaban J connectivity index is 2.54. The van der Waals surface area contributed by atoms with Crippen LogP contribution in [0, 0.1) is 0 Å². The molecule has 5 heteroatoms. The van der Waals surface area contributed by atoms with E-state index in [2.05, 4.69) is 17.6 Å². The highest BCUT2D eigenvalue weighted by atomic mass is 16.4. The first-order valence-electron chi connectivity index (χ1n) is 6.46. The zero-order valence-corrected chi connectivity index (χ0v) is 11.3. The fourth-order valence-electron chi connectivity index (χ4n) is 1.71. The molecular weight excluding hydrogens is 244 g/mol. The Morgan fingerprint density at radius 3 is 2.32 bits per heavy atom. The lowest BCUT2D eigenvalue weighted by Crippen LogP contribution is -2.42. The molecule has 0 aliphatic carbocycles. The van der Waals surface area contributed by atoms with Gasteiger partial charge in [0.05, 0.1) is 0 Å². The molecule has 0 aliphatic rings. The number of aliphatic carboxylic acids is 1. The highest BCUT2D eigenvalue weighted by Crippen LogP contribution is 2.10. The van der Waals surface area contributed by atoms with Gasteiger partial charge >= 0.3 is 12.0 Å². The van der Waals surface area contributed by atoms with E-state index in [4.69, 9.17) is 5.11 Å². The van der Waals surface area contributed by atoms with E-state index >= 15 is 0 Å². The van der Waals surface area contributed by atoms with Crippen molar-refractivity contribution in [2.75, 3.05) is 5.32 Å². The summed E-state index contributed by atoms with van der Waals surface area (Å²) in [4.78, 5) is 22.4. The molecule has 0 bridgehead atoms. The summed E-state index contributed by atoms with van der Waals surface area (Å²) >= 11 is 0. The van der Waals surface area contributed by atoms with E-state index in [1.807, 2.05) is 24.3 Å². The maximum atomic E-state index is 11.6. The van der Waals surface area contributed by atoms with Gasteiger partial charge in [-0.3, -0.25) is 0 Å². The third-order valence-corrected chi connectivity index (χ3v) is 2.76. The molecule has 1 atom stereocenters. The Morgan fingerprint density at radius 2 is 1.84 bits per heavy atom. The Morgan fingerprint density at radius 1 is 1.21 bits per heavy atom. The normalized spacial score (nSPS) is 11.7. The molecule has 104 valence electrons. The van der Waals surface area contributed by atoms with E-state index in [-0.39, 0.29) is 0 Å². The maximum absolute atomic E-state index is 11.6. The van der Waals surface area contributed by atoms with Crippen molar-refractivity contribution in [1.29, 1.82) is 0 Å². The topological polar surface area (TPSA) is 78.4 Å². The van der Waals surface area contributed by atoms with Crippen LogP contribution in [0.5, 0.6) is 0 Å². The average molecular weight is 264 g/mol.